The molecule has 0 saturated carbocycles. The number of nitrogens with two attached hydrogens (primary N) is 1. The van der Waals surface area contributed by atoms with Crippen LogP contribution in [-0.2, 0) is 0 Å². The molecule has 6 nitrogen and oxygen atoms in total. The van der Waals surface area contributed by atoms with Crippen LogP contribution in [0.2, 0.25) is 0 Å². The molecule has 1 aliphatic heterocycles. The van der Waals surface area contributed by atoms with Crippen LogP contribution in [0, 0.1) is 12.7 Å². The number of piperidine rings is 1. The van der Waals surface area contributed by atoms with Crippen LogP contribution in [0.25, 0.3) is 11.0 Å². The van der Waals surface area contributed by atoms with Gasteiger partial charge >= 0.3 is 0 Å². The smallest absolute Gasteiger partial charge is 0.258 e. The summed E-state index contributed by atoms with van der Waals surface area (Å²) in [6.45, 7) is 4.55. The number of thiophene rings is 1. The molecular formula is C22H24FN3O3S. The lowest BCUT2D eigenvalue weighted by Crippen LogP contribution is -2.34. The molecule has 2 N–H and O–H groups in total. The Kier molecular flexibility index (Phi) is 5.97. The fraction of sp³-hybridized carbons (Fsp3) is 0.409. The number of ketones is 1. The Morgan fingerprint density at radius 3 is 2.77 bits per heavy atom. The third-order valence-electron chi connectivity index (χ3n) is 5.73. The summed E-state index contributed by atoms with van der Waals surface area (Å²) in [7, 11) is 0. The number of aryl methyl sites for hydroxylation is 1. The zero-order valence-electron chi connectivity index (χ0n) is 16.8. The Balaban J connectivity index is 1.27. The van der Waals surface area contributed by atoms with Gasteiger partial charge in [-0.1, -0.05) is 5.16 Å². The first-order valence-electron chi connectivity index (χ1n) is 10.1. The summed E-state index contributed by atoms with van der Waals surface area (Å²) in [4.78, 5) is 27.2. The van der Waals surface area contributed by atoms with Crippen molar-refractivity contribution in [3.63, 3.8) is 0 Å². The number of Topliss-reactive ketones (excluding diaryl/α,β-unsaturated/α-hetero) is 1. The Morgan fingerprint density at radius 2 is 2.07 bits per heavy atom. The molecule has 1 saturated heterocycles. The second-order valence-corrected chi connectivity index (χ2v) is 8.89. The number of amides is 1. The molecule has 1 fully saturated rings. The summed E-state index contributed by atoms with van der Waals surface area (Å²) in [6.07, 6.45) is 3.15. The van der Waals surface area contributed by atoms with E-state index in [2.05, 4.69) is 10.1 Å². The van der Waals surface area contributed by atoms with Gasteiger partial charge in [0.15, 0.2) is 11.4 Å². The Morgan fingerprint density at radius 1 is 1.30 bits per heavy atom. The molecule has 30 heavy (non-hydrogen) atoms. The number of hydrogen-bond donors (Lipinski definition) is 1. The minimum absolute atomic E-state index is 0.0705. The van der Waals surface area contributed by atoms with Gasteiger partial charge in [-0.3, -0.25) is 9.59 Å². The van der Waals surface area contributed by atoms with E-state index in [4.69, 9.17) is 10.3 Å². The van der Waals surface area contributed by atoms with Gasteiger partial charge in [-0.15, -0.1) is 11.3 Å². The number of rotatable bonds is 7. The van der Waals surface area contributed by atoms with Crippen molar-refractivity contribution in [2.45, 2.75) is 38.5 Å². The van der Waals surface area contributed by atoms with Crippen LogP contribution in [0.1, 0.15) is 62.2 Å². The van der Waals surface area contributed by atoms with Gasteiger partial charge in [0.25, 0.3) is 5.91 Å². The van der Waals surface area contributed by atoms with E-state index in [-0.39, 0.29) is 11.6 Å². The number of benzene rings is 1. The number of aromatic nitrogens is 1. The maximum atomic E-state index is 13.3. The number of carbonyl (C=O) groups is 2. The number of hydrogen-bond acceptors (Lipinski definition) is 6. The molecule has 1 aromatic carbocycles. The highest BCUT2D eigenvalue weighted by molar-refractivity contribution is 7.16. The van der Waals surface area contributed by atoms with Gasteiger partial charge in [0.05, 0.1) is 15.4 Å². The maximum Gasteiger partial charge on any atom is 0.258 e. The maximum absolute atomic E-state index is 13.3. The number of fused-ring (bicyclic) bond motifs is 1. The summed E-state index contributed by atoms with van der Waals surface area (Å²) >= 11 is 1.19. The fourth-order valence-electron chi connectivity index (χ4n) is 4.11. The largest absolute Gasteiger partial charge is 0.365 e. The minimum Gasteiger partial charge on any atom is -0.365 e. The van der Waals surface area contributed by atoms with E-state index in [1.807, 2.05) is 6.92 Å². The zero-order chi connectivity index (χ0) is 21.3. The first-order valence-corrected chi connectivity index (χ1v) is 10.9. The second-order valence-electron chi connectivity index (χ2n) is 7.84. The standard InChI is InChI=1S/C22H24FN3O3S/c1-13-11-19(22(24)28)30-21(13)17(27)3-2-8-26-9-6-14(7-10-26)20-16-5-4-15(23)12-18(16)29-25-20/h4-5,11-12,14H,2-3,6-10H2,1H3,(H2,24,28). The number of carbonyl (C=O) groups excluding carboxylic acids is 2. The van der Waals surface area contributed by atoms with Crippen LogP contribution in [0.4, 0.5) is 4.39 Å². The van der Waals surface area contributed by atoms with Crippen molar-refractivity contribution in [1.82, 2.24) is 10.1 Å². The number of nitrogens with zero attached hydrogens (tertiary/aromatic N) is 2. The number of primary amides is 1. The first kappa shape index (κ1) is 20.7. The van der Waals surface area contributed by atoms with Crippen LogP contribution in [0.3, 0.4) is 0 Å². The SMILES string of the molecule is Cc1cc(C(N)=O)sc1C(=O)CCCN1CCC(c2noc3cc(F)ccc23)CC1. The number of likely N-dealkylation sites (tertiary alicyclic amines) is 1. The van der Waals surface area contributed by atoms with Crippen molar-refractivity contribution < 1.29 is 18.5 Å². The van der Waals surface area contributed by atoms with Gasteiger partial charge in [0.1, 0.15) is 5.82 Å². The average Bonchev–Trinajstić information content (AvgIpc) is 3.32. The van der Waals surface area contributed by atoms with Gasteiger partial charge in [-0.05, 0) is 69.6 Å². The highest BCUT2D eigenvalue weighted by Gasteiger charge is 2.25. The molecule has 0 atom stereocenters. The molecule has 8 heteroatoms. The molecule has 158 valence electrons. The third kappa shape index (κ3) is 4.29. The van der Waals surface area contributed by atoms with Crippen LogP contribution < -0.4 is 5.73 Å². The summed E-state index contributed by atoms with van der Waals surface area (Å²) in [5.41, 5.74) is 7.53. The van der Waals surface area contributed by atoms with Crippen LogP contribution in [-0.4, -0.2) is 41.4 Å². The first-order chi connectivity index (χ1) is 14.4. The quantitative estimate of drug-likeness (QED) is 0.566. The van der Waals surface area contributed by atoms with E-state index < -0.39 is 5.91 Å². The lowest BCUT2D eigenvalue weighted by atomic mass is 9.91. The van der Waals surface area contributed by atoms with Gasteiger partial charge < -0.3 is 15.2 Å². The minimum atomic E-state index is -0.491. The molecule has 1 aliphatic rings. The third-order valence-corrected chi connectivity index (χ3v) is 7.02. The fourth-order valence-corrected chi connectivity index (χ4v) is 5.10. The van der Waals surface area contributed by atoms with Crippen molar-refractivity contribution in [3.05, 3.63) is 51.1 Å². The van der Waals surface area contributed by atoms with Crippen molar-refractivity contribution in [1.29, 1.82) is 0 Å². The average molecular weight is 430 g/mol. The molecule has 0 aliphatic carbocycles. The van der Waals surface area contributed by atoms with Gasteiger partial charge in [-0.25, -0.2) is 4.39 Å². The Bertz CT molecular complexity index is 1080. The lowest BCUT2D eigenvalue weighted by molar-refractivity contribution is 0.0974. The van der Waals surface area contributed by atoms with E-state index in [0.29, 0.717) is 27.7 Å². The molecule has 0 spiro atoms. The van der Waals surface area contributed by atoms with Gasteiger partial charge in [-0.2, -0.15) is 0 Å². The molecule has 0 radical (unpaired) electrons. The molecule has 0 bridgehead atoms. The molecule has 3 aromatic rings. The monoisotopic (exact) mass is 429 g/mol. The number of halogens is 1. The summed E-state index contributed by atoms with van der Waals surface area (Å²) in [6, 6.07) is 6.24. The van der Waals surface area contributed by atoms with Crippen molar-refractivity contribution in [2.24, 2.45) is 5.73 Å². The molecule has 3 heterocycles. The summed E-state index contributed by atoms with van der Waals surface area (Å²) in [5.74, 6) is -0.440. The summed E-state index contributed by atoms with van der Waals surface area (Å²) < 4.78 is 18.6. The van der Waals surface area contributed by atoms with Crippen molar-refractivity contribution >= 4 is 34.0 Å². The zero-order valence-corrected chi connectivity index (χ0v) is 17.6. The van der Waals surface area contributed by atoms with E-state index in [1.54, 1.807) is 12.1 Å². The normalized spacial score (nSPS) is 15.7. The Hall–Kier alpha value is -2.58. The van der Waals surface area contributed by atoms with Gasteiger partial charge in [0, 0.05) is 23.8 Å². The van der Waals surface area contributed by atoms with E-state index in [9.17, 15) is 14.0 Å². The highest BCUT2D eigenvalue weighted by Crippen LogP contribution is 2.33. The molecule has 1 amide bonds. The van der Waals surface area contributed by atoms with E-state index >= 15 is 0 Å². The molecule has 0 unspecified atom stereocenters. The van der Waals surface area contributed by atoms with E-state index in [0.717, 1.165) is 55.5 Å². The van der Waals surface area contributed by atoms with Crippen molar-refractivity contribution in [3.8, 4) is 0 Å². The highest BCUT2D eigenvalue weighted by atomic mass is 32.1. The molecular weight excluding hydrogens is 405 g/mol. The lowest BCUT2D eigenvalue weighted by Gasteiger charge is -2.31. The topological polar surface area (TPSA) is 89.4 Å². The van der Waals surface area contributed by atoms with Crippen LogP contribution in [0.5, 0.6) is 0 Å². The van der Waals surface area contributed by atoms with Crippen LogP contribution >= 0.6 is 11.3 Å². The predicted molar refractivity (Wildman–Crippen MR) is 114 cm³/mol. The van der Waals surface area contributed by atoms with Crippen LogP contribution in [0.15, 0.2) is 28.8 Å². The second kappa shape index (κ2) is 8.65. The Labute approximate surface area is 177 Å². The van der Waals surface area contributed by atoms with E-state index in [1.165, 1.54) is 23.5 Å². The van der Waals surface area contributed by atoms with Gasteiger partial charge in [0.2, 0.25) is 0 Å². The predicted octanol–water partition coefficient (Wildman–Crippen LogP) is 4.28. The molecule has 2 aromatic heterocycles. The van der Waals surface area contributed by atoms with Crippen molar-refractivity contribution in [2.75, 3.05) is 19.6 Å². The molecule has 4 rings (SSSR count). The summed E-state index contributed by atoms with van der Waals surface area (Å²) in [5, 5.41) is 5.08.